The number of hydrogen-bond acceptors (Lipinski definition) is 6. The molecule has 0 spiro atoms. The Bertz CT molecular complexity index is 1200. The number of likely N-dealkylation sites (N-methyl/N-ethyl adjacent to an activating group) is 1. The summed E-state index contributed by atoms with van der Waals surface area (Å²) in [5.41, 5.74) is 0.828. The van der Waals surface area contributed by atoms with Crippen molar-refractivity contribution in [2.24, 2.45) is 0 Å². The highest BCUT2D eigenvalue weighted by Gasteiger charge is 2.23. The molecule has 1 aromatic heterocycles. The number of carbonyl (C=O) groups excluding carboxylic acids is 2. The van der Waals surface area contributed by atoms with E-state index >= 15 is 0 Å². The maximum atomic E-state index is 13.0. The Labute approximate surface area is 221 Å². The zero-order valence-electron chi connectivity index (χ0n) is 20.9. The first-order valence-corrected chi connectivity index (χ1v) is 12.7. The highest BCUT2D eigenvalue weighted by molar-refractivity contribution is 6.31. The van der Waals surface area contributed by atoms with Crippen molar-refractivity contribution in [1.82, 2.24) is 20.1 Å². The molecule has 10 heteroatoms. The first-order chi connectivity index (χ1) is 18.0. The Hall–Kier alpha value is -3.40. The van der Waals surface area contributed by atoms with Gasteiger partial charge in [0.25, 0.3) is 0 Å². The summed E-state index contributed by atoms with van der Waals surface area (Å²) >= 11 is 6.22. The van der Waals surface area contributed by atoms with Crippen molar-refractivity contribution >= 4 is 40.3 Å². The highest BCUT2D eigenvalue weighted by Crippen LogP contribution is 2.17. The smallest absolute Gasteiger partial charge is 0.412 e. The minimum Gasteiger partial charge on any atom is -0.447 e. The van der Waals surface area contributed by atoms with Crippen LogP contribution in [-0.4, -0.2) is 79.5 Å². The van der Waals surface area contributed by atoms with Crippen molar-refractivity contribution in [3.63, 3.8) is 0 Å². The second kappa shape index (κ2) is 13.2. The minimum atomic E-state index is -0.621. The Morgan fingerprint density at radius 1 is 1.14 bits per heavy atom. The molecule has 2 heterocycles. The summed E-state index contributed by atoms with van der Waals surface area (Å²) in [6.07, 6.45) is 1.72. The Kier molecular flexibility index (Phi) is 9.53. The molecule has 2 N–H and O–H groups in total. The molecule has 37 heavy (non-hydrogen) atoms. The lowest BCUT2D eigenvalue weighted by atomic mass is 10.2. The summed E-state index contributed by atoms with van der Waals surface area (Å²) in [5.74, 6) is 0.402. The number of fused-ring (bicyclic) bond motifs is 1. The lowest BCUT2D eigenvalue weighted by Crippen LogP contribution is -2.48. The zero-order chi connectivity index (χ0) is 26.0. The van der Waals surface area contributed by atoms with E-state index in [1.807, 2.05) is 42.5 Å². The summed E-state index contributed by atoms with van der Waals surface area (Å²) in [6, 6.07) is 16.3. The number of pyridine rings is 1. The van der Waals surface area contributed by atoms with Gasteiger partial charge < -0.3 is 19.7 Å². The van der Waals surface area contributed by atoms with Crippen molar-refractivity contribution in [3.05, 3.63) is 71.4 Å². The van der Waals surface area contributed by atoms with Gasteiger partial charge in [-0.2, -0.15) is 0 Å². The predicted molar refractivity (Wildman–Crippen MR) is 144 cm³/mol. The Balaban J connectivity index is 1.35. The van der Waals surface area contributed by atoms with Gasteiger partial charge in [0.1, 0.15) is 12.4 Å². The first-order valence-electron chi connectivity index (χ1n) is 12.3. The summed E-state index contributed by atoms with van der Waals surface area (Å²) < 4.78 is 11.0. The number of ether oxygens (including phenoxy) is 2. The monoisotopic (exact) mass is 525 g/mol. The predicted octanol–water partition coefficient (Wildman–Crippen LogP) is 4.37. The van der Waals surface area contributed by atoms with Crippen LogP contribution in [0.2, 0.25) is 5.02 Å². The van der Waals surface area contributed by atoms with Crippen LogP contribution in [0.25, 0.3) is 10.8 Å². The second-order valence-electron chi connectivity index (χ2n) is 8.90. The van der Waals surface area contributed by atoms with Crippen molar-refractivity contribution in [3.8, 4) is 0 Å². The largest absolute Gasteiger partial charge is 0.447 e. The van der Waals surface area contributed by atoms with Crippen molar-refractivity contribution in [1.29, 1.82) is 0 Å². The van der Waals surface area contributed by atoms with Crippen molar-refractivity contribution in [2.75, 3.05) is 51.8 Å². The van der Waals surface area contributed by atoms with E-state index in [9.17, 15) is 9.59 Å². The normalized spacial score (nSPS) is 14.6. The molecule has 9 nitrogen and oxygen atoms in total. The summed E-state index contributed by atoms with van der Waals surface area (Å²) in [6.45, 7) is 4.16. The van der Waals surface area contributed by atoms with Crippen LogP contribution in [-0.2, 0) is 16.0 Å². The molecular weight excluding hydrogens is 494 g/mol. The van der Waals surface area contributed by atoms with E-state index < -0.39 is 6.09 Å². The number of halogens is 1. The van der Waals surface area contributed by atoms with E-state index in [0.717, 1.165) is 36.0 Å². The van der Waals surface area contributed by atoms with Gasteiger partial charge in [0.15, 0.2) is 0 Å². The van der Waals surface area contributed by atoms with E-state index in [1.165, 1.54) is 0 Å². The summed E-state index contributed by atoms with van der Waals surface area (Å²) in [4.78, 5) is 33.7. The molecule has 1 aliphatic rings. The van der Waals surface area contributed by atoms with Gasteiger partial charge in [-0.25, -0.2) is 14.6 Å². The molecule has 0 aliphatic carbocycles. The van der Waals surface area contributed by atoms with Crippen LogP contribution in [0, 0.1) is 0 Å². The molecule has 1 atom stereocenters. The second-order valence-corrected chi connectivity index (χ2v) is 9.30. The molecule has 3 aromatic rings. The third-order valence-electron chi connectivity index (χ3n) is 6.41. The van der Waals surface area contributed by atoms with Gasteiger partial charge >= 0.3 is 12.1 Å². The zero-order valence-corrected chi connectivity index (χ0v) is 21.6. The van der Waals surface area contributed by atoms with Crippen LogP contribution in [0.3, 0.4) is 0 Å². The number of rotatable bonds is 9. The van der Waals surface area contributed by atoms with E-state index in [1.54, 1.807) is 30.3 Å². The third kappa shape index (κ3) is 7.79. The van der Waals surface area contributed by atoms with E-state index in [2.05, 4.69) is 20.5 Å². The van der Waals surface area contributed by atoms with Crippen LogP contribution >= 0.6 is 11.6 Å². The molecular formula is C27H32ClN5O4. The molecule has 1 fully saturated rings. The van der Waals surface area contributed by atoms with Crippen LogP contribution in [0.5, 0.6) is 0 Å². The quantitative estimate of drug-likeness (QED) is 0.431. The number of anilines is 1. The molecule has 0 unspecified atom stereocenters. The highest BCUT2D eigenvalue weighted by atomic mass is 35.5. The van der Waals surface area contributed by atoms with Gasteiger partial charge in [-0.05, 0) is 29.5 Å². The van der Waals surface area contributed by atoms with Gasteiger partial charge in [-0.15, -0.1) is 0 Å². The molecule has 0 saturated carbocycles. The van der Waals surface area contributed by atoms with Crippen molar-refractivity contribution < 1.29 is 19.1 Å². The number of amides is 3. The van der Waals surface area contributed by atoms with Crippen LogP contribution < -0.4 is 10.6 Å². The number of carbonyl (C=O) groups is 2. The standard InChI is InChI=1S/C27H32ClN5O4/c1-32(26(34)30-18-22-8-4-5-9-24(22)28)23(10-11-33-12-14-36-15-13-33)19-37-27(35)31-25-16-20-6-2-3-7-21(20)17-29-25/h2-9,16-17,23H,10-15,18-19H2,1H3,(H,30,34)(H,29,31,35)/t23-/m0/s1. The fraction of sp³-hybridized carbons (Fsp3) is 0.370. The lowest BCUT2D eigenvalue weighted by molar-refractivity contribution is 0.0319. The van der Waals surface area contributed by atoms with E-state index in [0.29, 0.717) is 37.0 Å². The van der Waals surface area contributed by atoms with Crippen LogP contribution in [0.4, 0.5) is 15.4 Å². The van der Waals surface area contributed by atoms with Gasteiger partial charge in [0.05, 0.1) is 19.3 Å². The number of aromatic nitrogens is 1. The molecule has 1 saturated heterocycles. The molecule has 0 bridgehead atoms. The van der Waals surface area contributed by atoms with E-state index in [4.69, 9.17) is 21.1 Å². The average Bonchev–Trinajstić information content (AvgIpc) is 2.92. The van der Waals surface area contributed by atoms with Gasteiger partial charge in [-0.3, -0.25) is 10.2 Å². The number of morpholine rings is 1. The van der Waals surface area contributed by atoms with Crippen LogP contribution in [0.15, 0.2) is 60.8 Å². The number of nitrogens with one attached hydrogen (secondary N) is 2. The van der Waals surface area contributed by atoms with E-state index in [-0.39, 0.29) is 18.7 Å². The summed E-state index contributed by atoms with van der Waals surface area (Å²) in [5, 5.41) is 8.13. The number of urea groups is 1. The third-order valence-corrected chi connectivity index (χ3v) is 6.77. The maximum absolute atomic E-state index is 13.0. The van der Waals surface area contributed by atoms with Crippen LogP contribution in [0.1, 0.15) is 12.0 Å². The van der Waals surface area contributed by atoms with Gasteiger partial charge in [0, 0.05) is 49.8 Å². The molecule has 3 amide bonds. The SMILES string of the molecule is CN(C(=O)NCc1ccccc1Cl)[C@@H](CCN1CCOCC1)COC(=O)Nc1cc2ccccc2cn1. The summed E-state index contributed by atoms with van der Waals surface area (Å²) in [7, 11) is 1.71. The number of hydrogen-bond donors (Lipinski definition) is 2. The molecule has 2 aromatic carbocycles. The average molecular weight is 526 g/mol. The molecule has 196 valence electrons. The minimum absolute atomic E-state index is 0.0414. The first kappa shape index (κ1) is 26.7. The number of nitrogens with zero attached hydrogens (tertiary/aromatic N) is 3. The fourth-order valence-corrected chi connectivity index (χ4v) is 4.32. The Morgan fingerprint density at radius 2 is 1.86 bits per heavy atom. The Morgan fingerprint density at radius 3 is 2.65 bits per heavy atom. The van der Waals surface area contributed by atoms with Gasteiger partial charge in [-0.1, -0.05) is 54.1 Å². The maximum Gasteiger partial charge on any atom is 0.412 e. The molecule has 4 rings (SSSR count). The molecule has 1 aliphatic heterocycles. The molecule has 0 radical (unpaired) electrons. The number of benzene rings is 2. The fourth-order valence-electron chi connectivity index (χ4n) is 4.11. The van der Waals surface area contributed by atoms with Gasteiger partial charge in [0.2, 0.25) is 0 Å². The van der Waals surface area contributed by atoms with Crippen molar-refractivity contribution in [2.45, 2.75) is 19.0 Å². The topological polar surface area (TPSA) is 96.0 Å². The lowest BCUT2D eigenvalue weighted by Gasteiger charge is -2.32.